The van der Waals surface area contributed by atoms with E-state index in [-0.39, 0.29) is 6.42 Å². The molecule has 0 radical (unpaired) electrons. The zero-order valence-electron chi connectivity index (χ0n) is 14.8. The van der Waals surface area contributed by atoms with E-state index in [0.717, 1.165) is 19.3 Å². The van der Waals surface area contributed by atoms with E-state index in [1.165, 1.54) is 32.1 Å². The lowest BCUT2D eigenvalue weighted by molar-refractivity contribution is -0.154. The molecule has 4 N–H and O–H groups in total. The van der Waals surface area contributed by atoms with Crippen LogP contribution in [0.15, 0.2) is 11.5 Å². The molecule has 0 saturated carbocycles. The molecule has 0 aromatic heterocycles. The van der Waals surface area contributed by atoms with Crippen LogP contribution in [-0.4, -0.2) is 50.5 Å². The summed E-state index contributed by atoms with van der Waals surface area (Å²) in [5.41, 5.74) is 0. The number of ether oxygens (including phenoxy) is 1. The fourth-order valence-corrected chi connectivity index (χ4v) is 2.81. The summed E-state index contributed by atoms with van der Waals surface area (Å²) in [5.74, 6) is -3.65. The van der Waals surface area contributed by atoms with Crippen molar-refractivity contribution in [3.05, 3.63) is 11.5 Å². The van der Waals surface area contributed by atoms with E-state index in [1.807, 2.05) is 0 Å². The third-order valence-corrected chi connectivity index (χ3v) is 4.43. The highest BCUT2D eigenvalue weighted by atomic mass is 16.6. The van der Waals surface area contributed by atoms with Gasteiger partial charge in [-0.05, 0) is 6.42 Å². The van der Waals surface area contributed by atoms with Crippen LogP contribution < -0.4 is 0 Å². The lowest BCUT2D eigenvalue weighted by Crippen LogP contribution is -2.43. The predicted octanol–water partition coefficient (Wildman–Crippen LogP) is 2.45. The first-order valence-corrected chi connectivity index (χ1v) is 9.12. The van der Waals surface area contributed by atoms with Crippen molar-refractivity contribution in [1.82, 2.24) is 0 Å². The summed E-state index contributed by atoms with van der Waals surface area (Å²) < 4.78 is 4.54. The van der Waals surface area contributed by atoms with Gasteiger partial charge in [0.25, 0.3) is 0 Å². The van der Waals surface area contributed by atoms with Gasteiger partial charge in [0.05, 0.1) is 0 Å². The normalized spacial score (nSPS) is 19.8. The second-order valence-corrected chi connectivity index (χ2v) is 6.54. The first kappa shape index (κ1) is 21.4. The topological polar surface area (TPSA) is 124 Å². The Labute approximate surface area is 148 Å². The summed E-state index contributed by atoms with van der Waals surface area (Å²) in [7, 11) is 0. The number of ketones is 1. The van der Waals surface area contributed by atoms with Gasteiger partial charge in [-0.2, -0.15) is 0 Å². The van der Waals surface area contributed by atoms with Crippen molar-refractivity contribution in [2.75, 3.05) is 0 Å². The molecule has 7 heteroatoms. The van der Waals surface area contributed by atoms with Gasteiger partial charge >= 0.3 is 5.97 Å². The molecule has 1 aliphatic heterocycles. The number of unbranched alkanes of at least 4 members (excludes halogenated alkanes) is 8. The lowest BCUT2D eigenvalue weighted by Gasteiger charge is -2.21. The average Bonchev–Trinajstić information content (AvgIpc) is 2.86. The van der Waals surface area contributed by atoms with Gasteiger partial charge in [0.2, 0.25) is 5.76 Å². The maximum Gasteiger partial charge on any atom is 0.377 e. The quantitative estimate of drug-likeness (QED) is 0.294. The van der Waals surface area contributed by atoms with Crippen molar-refractivity contribution < 1.29 is 34.8 Å². The van der Waals surface area contributed by atoms with E-state index >= 15 is 0 Å². The smallest absolute Gasteiger partial charge is 0.377 e. The fraction of sp³-hybridized carbons (Fsp3) is 0.778. The Morgan fingerprint density at radius 1 is 1.00 bits per heavy atom. The van der Waals surface area contributed by atoms with Crippen molar-refractivity contribution in [3.8, 4) is 0 Å². The summed E-state index contributed by atoms with van der Waals surface area (Å²) in [4.78, 5) is 23.0. The first-order valence-electron chi connectivity index (χ1n) is 9.12. The first-order chi connectivity index (χ1) is 11.9. The summed E-state index contributed by atoms with van der Waals surface area (Å²) in [6.07, 6.45) is 4.72. The number of carbonyl (C=O) groups is 2. The standard InChI is InChI=1S/C18H30O7/c1-2-3-4-5-6-7-8-9-10-11-12(19)13(20)14(21)17-15(22)16(23)18(24)25-17/h13-14,17,20-23H,2-11H2,1H3/t13?,14-,17+/m0/s1. The number of hydrogen-bond acceptors (Lipinski definition) is 7. The van der Waals surface area contributed by atoms with E-state index in [0.29, 0.717) is 6.42 Å². The highest BCUT2D eigenvalue weighted by Gasteiger charge is 2.43. The minimum absolute atomic E-state index is 0.102. The van der Waals surface area contributed by atoms with Crippen LogP contribution in [0.25, 0.3) is 0 Å². The van der Waals surface area contributed by atoms with Crippen molar-refractivity contribution in [3.63, 3.8) is 0 Å². The minimum atomic E-state index is -1.81. The second-order valence-electron chi connectivity index (χ2n) is 6.54. The third kappa shape index (κ3) is 6.66. The molecular weight excluding hydrogens is 328 g/mol. The predicted molar refractivity (Wildman–Crippen MR) is 91.0 cm³/mol. The van der Waals surface area contributed by atoms with Crippen molar-refractivity contribution in [2.24, 2.45) is 0 Å². The average molecular weight is 358 g/mol. The number of aliphatic hydroxyl groups excluding tert-OH is 4. The Bertz CT molecular complexity index is 472. The molecule has 7 nitrogen and oxygen atoms in total. The highest BCUT2D eigenvalue weighted by molar-refractivity contribution is 5.89. The zero-order chi connectivity index (χ0) is 18.8. The van der Waals surface area contributed by atoms with E-state index in [9.17, 15) is 30.0 Å². The van der Waals surface area contributed by atoms with Gasteiger partial charge < -0.3 is 25.2 Å². The Kier molecular flexibility index (Phi) is 9.52. The molecule has 0 saturated heterocycles. The monoisotopic (exact) mass is 358 g/mol. The SMILES string of the molecule is CCCCCCCCCCCC(=O)C(O)[C@H](O)[C@H]1OC(=O)C(O)=C1O. The molecule has 0 spiro atoms. The number of hydrogen-bond donors (Lipinski definition) is 4. The Balaban J connectivity index is 2.21. The van der Waals surface area contributed by atoms with Crippen LogP contribution in [0.5, 0.6) is 0 Å². The summed E-state index contributed by atoms with van der Waals surface area (Å²) in [5, 5.41) is 38.4. The number of Topliss-reactive ketones (excluding diaryl/α,β-unsaturated/α-hetero) is 1. The highest BCUT2D eigenvalue weighted by Crippen LogP contribution is 2.23. The van der Waals surface area contributed by atoms with E-state index in [1.54, 1.807) is 0 Å². The fourth-order valence-electron chi connectivity index (χ4n) is 2.81. The van der Waals surface area contributed by atoms with Crippen LogP contribution in [0.1, 0.15) is 71.1 Å². The maximum absolute atomic E-state index is 11.9. The van der Waals surface area contributed by atoms with E-state index in [4.69, 9.17) is 0 Å². The molecule has 0 aromatic carbocycles. The summed E-state index contributed by atoms with van der Waals surface area (Å²) >= 11 is 0. The van der Waals surface area contributed by atoms with Gasteiger partial charge in [-0.1, -0.05) is 58.3 Å². The van der Waals surface area contributed by atoms with Gasteiger partial charge in [0, 0.05) is 6.42 Å². The Morgan fingerprint density at radius 2 is 1.52 bits per heavy atom. The van der Waals surface area contributed by atoms with E-state index < -0.39 is 41.6 Å². The molecule has 1 aliphatic rings. The number of aliphatic hydroxyl groups is 4. The molecule has 0 fully saturated rings. The number of rotatable bonds is 13. The molecule has 0 amide bonds. The lowest BCUT2D eigenvalue weighted by atomic mass is 9.98. The van der Waals surface area contributed by atoms with Crippen LogP contribution in [0, 0.1) is 0 Å². The molecule has 1 heterocycles. The van der Waals surface area contributed by atoms with E-state index in [2.05, 4.69) is 11.7 Å². The third-order valence-electron chi connectivity index (χ3n) is 4.43. The van der Waals surface area contributed by atoms with Crippen LogP contribution >= 0.6 is 0 Å². The molecule has 25 heavy (non-hydrogen) atoms. The van der Waals surface area contributed by atoms with Crippen LogP contribution in [0.2, 0.25) is 0 Å². The molecular formula is C18H30O7. The molecule has 0 aliphatic carbocycles. The molecule has 1 unspecified atom stereocenters. The van der Waals surface area contributed by atoms with Gasteiger partial charge in [0.15, 0.2) is 17.6 Å². The van der Waals surface area contributed by atoms with Gasteiger partial charge in [0.1, 0.15) is 12.2 Å². The Morgan fingerprint density at radius 3 is 2.00 bits per heavy atom. The largest absolute Gasteiger partial charge is 0.505 e. The van der Waals surface area contributed by atoms with Crippen molar-refractivity contribution in [2.45, 2.75) is 89.4 Å². The minimum Gasteiger partial charge on any atom is -0.505 e. The number of esters is 1. The van der Waals surface area contributed by atoms with Crippen molar-refractivity contribution in [1.29, 1.82) is 0 Å². The molecule has 1 rings (SSSR count). The van der Waals surface area contributed by atoms with Crippen LogP contribution in [-0.2, 0) is 14.3 Å². The molecule has 0 aromatic rings. The van der Waals surface area contributed by atoms with Gasteiger partial charge in [-0.3, -0.25) is 4.79 Å². The van der Waals surface area contributed by atoms with Crippen molar-refractivity contribution >= 4 is 11.8 Å². The van der Waals surface area contributed by atoms with Gasteiger partial charge in [-0.25, -0.2) is 4.79 Å². The number of cyclic esters (lactones) is 1. The second kappa shape index (κ2) is 11.1. The molecule has 3 atom stereocenters. The Hall–Kier alpha value is -1.60. The zero-order valence-corrected chi connectivity index (χ0v) is 14.8. The number of carbonyl (C=O) groups excluding carboxylic acids is 2. The summed E-state index contributed by atoms with van der Waals surface area (Å²) in [6.45, 7) is 2.18. The van der Waals surface area contributed by atoms with Crippen LogP contribution in [0.3, 0.4) is 0 Å². The maximum atomic E-state index is 11.9. The van der Waals surface area contributed by atoms with Gasteiger partial charge in [-0.15, -0.1) is 0 Å². The molecule has 0 bridgehead atoms. The summed E-state index contributed by atoms with van der Waals surface area (Å²) in [6, 6.07) is 0. The van der Waals surface area contributed by atoms with Crippen LogP contribution in [0.4, 0.5) is 0 Å². The molecule has 144 valence electrons.